The van der Waals surface area contributed by atoms with Crippen molar-refractivity contribution < 1.29 is 21.6 Å². The number of imidazole rings is 1. The first-order valence-electron chi connectivity index (χ1n) is 8.30. The van der Waals surface area contributed by atoms with E-state index < -0.39 is 22.7 Å². The van der Waals surface area contributed by atoms with Gasteiger partial charge in [0.1, 0.15) is 5.82 Å². The molecular formula is C15H25F3N4O2S. The summed E-state index contributed by atoms with van der Waals surface area (Å²) in [5, 5.41) is -0.0202. The Labute approximate surface area is 146 Å². The van der Waals surface area contributed by atoms with Crippen molar-refractivity contribution in [2.24, 2.45) is 13.0 Å². The number of aromatic nitrogens is 2. The largest absolute Gasteiger partial charge is 0.401 e. The van der Waals surface area contributed by atoms with Crippen LogP contribution < -0.4 is 4.72 Å². The maximum Gasteiger partial charge on any atom is 0.401 e. The molecule has 6 nitrogen and oxygen atoms in total. The van der Waals surface area contributed by atoms with Crippen molar-refractivity contribution in [3.8, 4) is 0 Å². The highest BCUT2D eigenvalue weighted by molar-refractivity contribution is 7.89. The Morgan fingerprint density at radius 1 is 1.32 bits per heavy atom. The van der Waals surface area contributed by atoms with E-state index in [9.17, 15) is 21.6 Å². The number of nitrogens with one attached hydrogen (secondary N) is 1. The molecule has 1 aliphatic heterocycles. The van der Waals surface area contributed by atoms with Crippen molar-refractivity contribution in [2.75, 3.05) is 26.2 Å². The van der Waals surface area contributed by atoms with Crippen molar-refractivity contribution >= 4 is 10.0 Å². The number of rotatable bonds is 6. The minimum Gasteiger partial charge on any atom is -0.336 e. The van der Waals surface area contributed by atoms with E-state index in [2.05, 4.69) is 9.71 Å². The summed E-state index contributed by atoms with van der Waals surface area (Å²) in [5.74, 6) is 0.820. The Morgan fingerprint density at radius 3 is 2.40 bits per heavy atom. The number of likely N-dealkylation sites (tertiary alicyclic amines) is 1. The smallest absolute Gasteiger partial charge is 0.336 e. The van der Waals surface area contributed by atoms with E-state index in [1.54, 1.807) is 11.6 Å². The number of halogens is 3. The number of hydrogen-bond donors (Lipinski definition) is 1. The molecule has 0 spiro atoms. The van der Waals surface area contributed by atoms with E-state index in [4.69, 9.17) is 0 Å². The average molecular weight is 382 g/mol. The number of piperidine rings is 1. The Hall–Kier alpha value is -1.13. The van der Waals surface area contributed by atoms with Crippen LogP contribution in [0.3, 0.4) is 0 Å². The molecule has 0 aliphatic carbocycles. The second kappa shape index (κ2) is 7.63. The molecule has 0 amide bonds. The molecule has 1 N–H and O–H groups in total. The van der Waals surface area contributed by atoms with E-state index in [0.29, 0.717) is 31.8 Å². The summed E-state index contributed by atoms with van der Waals surface area (Å²) >= 11 is 0. The molecule has 1 fully saturated rings. The minimum absolute atomic E-state index is 0.0202. The second-order valence-corrected chi connectivity index (χ2v) is 8.60. The summed E-state index contributed by atoms with van der Waals surface area (Å²) in [7, 11) is -1.96. The fourth-order valence-electron chi connectivity index (χ4n) is 3.02. The fourth-order valence-corrected chi connectivity index (χ4v) is 4.14. The fraction of sp³-hybridized carbons (Fsp3) is 0.800. The Kier molecular flexibility index (Phi) is 6.16. The molecule has 0 radical (unpaired) electrons. The summed E-state index contributed by atoms with van der Waals surface area (Å²) in [6.45, 7) is 3.83. The van der Waals surface area contributed by atoms with Crippen molar-refractivity contribution in [2.45, 2.75) is 43.8 Å². The molecule has 0 unspecified atom stereocenters. The quantitative estimate of drug-likeness (QED) is 0.818. The molecule has 25 heavy (non-hydrogen) atoms. The van der Waals surface area contributed by atoms with Crippen LogP contribution in [0.15, 0.2) is 11.2 Å². The lowest BCUT2D eigenvalue weighted by atomic mass is 9.97. The summed E-state index contributed by atoms with van der Waals surface area (Å²) in [4.78, 5) is 5.54. The van der Waals surface area contributed by atoms with Crippen LogP contribution in [-0.2, 0) is 17.1 Å². The van der Waals surface area contributed by atoms with Crippen molar-refractivity contribution in [3.05, 3.63) is 12.0 Å². The van der Waals surface area contributed by atoms with Gasteiger partial charge in [-0.2, -0.15) is 13.2 Å². The third-order valence-corrected chi connectivity index (χ3v) is 5.65. The van der Waals surface area contributed by atoms with Gasteiger partial charge in [-0.1, -0.05) is 13.8 Å². The maximum atomic E-state index is 12.4. The van der Waals surface area contributed by atoms with Gasteiger partial charge in [0.05, 0.1) is 6.54 Å². The standard InChI is InChI=1S/C15H25F3N4O2S/c1-11(2)14-20-13(9-21(14)3)25(23,24)19-8-12-4-6-22(7-5-12)10-15(16,17)18/h9,11-12,19H,4-8,10H2,1-3H3. The van der Waals surface area contributed by atoms with Gasteiger partial charge in [0.25, 0.3) is 10.0 Å². The predicted octanol–water partition coefficient (Wildman–Crippen LogP) is 2.10. The molecule has 10 heteroatoms. The zero-order valence-electron chi connectivity index (χ0n) is 14.7. The van der Waals surface area contributed by atoms with Gasteiger partial charge < -0.3 is 4.57 Å². The lowest BCUT2D eigenvalue weighted by Gasteiger charge is -2.32. The third-order valence-electron chi connectivity index (χ3n) is 4.35. The van der Waals surface area contributed by atoms with E-state index in [1.807, 2.05) is 13.8 Å². The highest BCUT2D eigenvalue weighted by Crippen LogP contribution is 2.22. The van der Waals surface area contributed by atoms with E-state index in [-0.39, 0.29) is 23.4 Å². The van der Waals surface area contributed by atoms with E-state index in [1.165, 1.54) is 11.1 Å². The van der Waals surface area contributed by atoms with E-state index in [0.717, 1.165) is 0 Å². The lowest BCUT2D eigenvalue weighted by molar-refractivity contribution is -0.148. The molecule has 2 rings (SSSR count). The Bertz CT molecular complexity index is 677. The zero-order valence-corrected chi connectivity index (χ0v) is 15.5. The van der Waals surface area contributed by atoms with Gasteiger partial charge in [-0.25, -0.2) is 18.1 Å². The molecule has 0 atom stereocenters. The van der Waals surface area contributed by atoms with Crippen LogP contribution in [0.25, 0.3) is 0 Å². The summed E-state index contributed by atoms with van der Waals surface area (Å²) in [5.41, 5.74) is 0. The second-order valence-electron chi connectivity index (χ2n) is 6.89. The Morgan fingerprint density at radius 2 is 1.92 bits per heavy atom. The van der Waals surface area contributed by atoms with Crippen molar-refractivity contribution in [3.63, 3.8) is 0 Å². The molecule has 144 valence electrons. The molecular weight excluding hydrogens is 357 g/mol. The first-order valence-corrected chi connectivity index (χ1v) is 9.78. The van der Waals surface area contributed by atoms with Crippen LogP contribution in [0.4, 0.5) is 13.2 Å². The monoisotopic (exact) mass is 382 g/mol. The van der Waals surface area contributed by atoms with Gasteiger partial charge in [0.2, 0.25) is 0 Å². The topological polar surface area (TPSA) is 67.2 Å². The minimum atomic E-state index is -4.19. The summed E-state index contributed by atoms with van der Waals surface area (Å²) in [6, 6.07) is 0. The van der Waals surface area contributed by atoms with Gasteiger partial charge in [0.15, 0.2) is 5.03 Å². The maximum absolute atomic E-state index is 12.4. The highest BCUT2D eigenvalue weighted by Gasteiger charge is 2.32. The van der Waals surface area contributed by atoms with Crippen molar-refractivity contribution in [1.29, 1.82) is 0 Å². The molecule has 0 bridgehead atoms. The van der Waals surface area contributed by atoms with Gasteiger partial charge >= 0.3 is 6.18 Å². The highest BCUT2D eigenvalue weighted by atomic mass is 32.2. The number of sulfonamides is 1. The molecule has 0 aromatic carbocycles. The van der Waals surface area contributed by atoms with Gasteiger partial charge in [-0.05, 0) is 31.8 Å². The van der Waals surface area contributed by atoms with Crippen molar-refractivity contribution in [1.82, 2.24) is 19.2 Å². The SMILES string of the molecule is CC(C)c1nc(S(=O)(=O)NCC2CCN(CC(F)(F)F)CC2)cn1C. The van der Waals surface area contributed by atoms with Crippen LogP contribution in [0.5, 0.6) is 0 Å². The van der Waals surface area contributed by atoms with Crippen LogP contribution in [0, 0.1) is 5.92 Å². The summed E-state index contributed by atoms with van der Waals surface area (Å²) in [6.07, 6.45) is -1.64. The number of aryl methyl sites for hydroxylation is 1. The molecule has 0 saturated carbocycles. The summed E-state index contributed by atoms with van der Waals surface area (Å²) < 4.78 is 66.1. The molecule has 1 saturated heterocycles. The van der Waals surface area contributed by atoms with E-state index >= 15 is 0 Å². The molecule has 1 aliphatic rings. The van der Waals surface area contributed by atoms with Gasteiger partial charge in [-0.15, -0.1) is 0 Å². The van der Waals surface area contributed by atoms with Gasteiger partial charge in [0, 0.05) is 25.7 Å². The number of hydrogen-bond acceptors (Lipinski definition) is 4. The van der Waals surface area contributed by atoms with Crippen LogP contribution in [0.2, 0.25) is 0 Å². The average Bonchev–Trinajstić information content (AvgIpc) is 2.88. The molecule has 1 aromatic heterocycles. The first-order chi connectivity index (χ1) is 11.5. The lowest BCUT2D eigenvalue weighted by Crippen LogP contribution is -2.42. The number of nitrogens with zero attached hydrogens (tertiary/aromatic N) is 3. The van der Waals surface area contributed by atoms with Crippen LogP contribution >= 0.6 is 0 Å². The normalized spacial score (nSPS) is 18.2. The number of alkyl halides is 3. The first kappa shape index (κ1) is 20.2. The predicted molar refractivity (Wildman–Crippen MR) is 87.7 cm³/mol. The Balaban J connectivity index is 1.88. The third kappa shape index (κ3) is 5.68. The van der Waals surface area contributed by atoms with Gasteiger partial charge in [-0.3, -0.25) is 4.90 Å². The molecule has 2 heterocycles. The van der Waals surface area contributed by atoms with Crippen LogP contribution in [0.1, 0.15) is 38.4 Å². The van der Waals surface area contributed by atoms with Crippen LogP contribution in [-0.4, -0.2) is 55.2 Å². The zero-order chi connectivity index (χ0) is 18.8. The molecule has 1 aromatic rings.